The van der Waals surface area contributed by atoms with Gasteiger partial charge in [-0.25, -0.2) is 13.8 Å². The number of thiazole rings is 1. The van der Waals surface area contributed by atoms with Crippen molar-refractivity contribution in [2.45, 2.75) is 19.3 Å². The molecule has 1 aromatic carbocycles. The van der Waals surface area contributed by atoms with Crippen molar-refractivity contribution in [2.24, 2.45) is 0 Å². The Morgan fingerprint density at radius 2 is 2.04 bits per heavy atom. The van der Waals surface area contributed by atoms with Crippen LogP contribution in [-0.2, 0) is 6.42 Å². The molecule has 0 amide bonds. The van der Waals surface area contributed by atoms with Crippen LogP contribution in [0.1, 0.15) is 18.5 Å². The van der Waals surface area contributed by atoms with Crippen molar-refractivity contribution in [3.05, 3.63) is 47.1 Å². The van der Waals surface area contributed by atoms with Crippen LogP contribution in [0.5, 0.6) is 0 Å². The van der Waals surface area contributed by atoms with E-state index >= 15 is 0 Å². The maximum Gasteiger partial charge on any atom is 0.185 e. The lowest BCUT2D eigenvalue weighted by atomic mass is 10.1. The summed E-state index contributed by atoms with van der Waals surface area (Å²) in [5.41, 5.74) is 1.89. The third-order valence-electron chi connectivity index (χ3n) is 4.38. The van der Waals surface area contributed by atoms with E-state index in [1.807, 2.05) is 0 Å². The SMILES string of the molecule is Fc1cc(F)c2nccc(NCCc3csc(N4CCCC4)n3)c2c1. The van der Waals surface area contributed by atoms with Gasteiger partial charge >= 0.3 is 0 Å². The topological polar surface area (TPSA) is 41.1 Å². The van der Waals surface area contributed by atoms with Crippen LogP contribution in [0.3, 0.4) is 0 Å². The molecule has 3 heterocycles. The Morgan fingerprint density at radius 1 is 1.20 bits per heavy atom. The normalized spacial score (nSPS) is 14.4. The van der Waals surface area contributed by atoms with E-state index in [-0.39, 0.29) is 5.52 Å². The van der Waals surface area contributed by atoms with E-state index in [4.69, 9.17) is 0 Å². The molecule has 0 unspecified atom stereocenters. The van der Waals surface area contributed by atoms with E-state index < -0.39 is 11.6 Å². The highest BCUT2D eigenvalue weighted by molar-refractivity contribution is 7.13. The fraction of sp³-hybridized carbons (Fsp3) is 0.333. The van der Waals surface area contributed by atoms with Crippen LogP contribution in [0.25, 0.3) is 10.9 Å². The second kappa shape index (κ2) is 6.92. The number of hydrogen-bond acceptors (Lipinski definition) is 5. The van der Waals surface area contributed by atoms with Crippen LogP contribution in [0, 0.1) is 11.6 Å². The lowest BCUT2D eigenvalue weighted by Gasteiger charge is -2.12. The second-order valence-corrected chi connectivity index (χ2v) is 6.97. The van der Waals surface area contributed by atoms with Gasteiger partial charge in [-0.3, -0.25) is 4.98 Å². The summed E-state index contributed by atoms with van der Waals surface area (Å²) in [5, 5.41) is 6.87. The van der Waals surface area contributed by atoms with Gasteiger partial charge in [-0.15, -0.1) is 11.3 Å². The third kappa shape index (κ3) is 3.42. The van der Waals surface area contributed by atoms with E-state index in [2.05, 4.69) is 25.6 Å². The first kappa shape index (κ1) is 16.2. The molecule has 0 spiro atoms. The van der Waals surface area contributed by atoms with Crippen molar-refractivity contribution >= 4 is 33.1 Å². The molecule has 4 rings (SSSR count). The molecule has 0 bridgehead atoms. The number of rotatable bonds is 5. The van der Waals surface area contributed by atoms with Gasteiger partial charge in [0.05, 0.1) is 5.69 Å². The lowest BCUT2D eigenvalue weighted by Crippen LogP contribution is -2.17. The highest BCUT2D eigenvalue weighted by Crippen LogP contribution is 2.26. The molecule has 1 saturated heterocycles. The average molecular weight is 360 g/mol. The zero-order valence-corrected chi connectivity index (χ0v) is 14.5. The van der Waals surface area contributed by atoms with Gasteiger partial charge in [0.2, 0.25) is 0 Å². The number of anilines is 2. The van der Waals surface area contributed by atoms with Gasteiger partial charge in [-0.1, -0.05) is 0 Å². The molecule has 0 aliphatic carbocycles. The van der Waals surface area contributed by atoms with E-state index in [1.165, 1.54) is 25.1 Å². The minimum atomic E-state index is -0.645. The molecule has 7 heteroatoms. The molecule has 25 heavy (non-hydrogen) atoms. The van der Waals surface area contributed by atoms with Gasteiger partial charge < -0.3 is 10.2 Å². The van der Waals surface area contributed by atoms with Crippen LogP contribution in [-0.4, -0.2) is 29.6 Å². The summed E-state index contributed by atoms with van der Waals surface area (Å²) in [6.07, 6.45) is 4.75. The maximum absolute atomic E-state index is 13.8. The molecule has 0 saturated carbocycles. The molecule has 3 aromatic rings. The predicted octanol–water partition coefficient (Wildman–Crippen LogP) is 4.22. The summed E-state index contributed by atoms with van der Waals surface area (Å²) in [6, 6.07) is 3.90. The Balaban J connectivity index is 1.44. The summed E-state index contributed by atoms with van der Waals surface area (Å²) in [7, 11) is 0. The highest BCUT2D eigenvalue weighted by Gasteiger charge is 2.15. The van der Waals surface area contributed by atoms with E-state index in [0.717, 1.165) is 36.4 Å². The molecule has 0 atom stereocenters. The Labute approximate surface area is 148 Å². The molecule has 0 radical (unpaired) electrons. The molecular weight excluding hydrogens is 342 g/mol. The van der Waals surface area contributed by atoms with Crippen molar-refractivity contribution in [3.63, 3.8) is 0 Å². The minimum absolute atomic E-state index is 0.177. The number of halogens is 2. The summed E-state index contributed by atoms with van der Waals surface area (Å²) < 4.78 is 27.3. The summed E-state index contributed by atoms with van der Waals surface area (Å²) in [5.74, 6) is -1.25. The fourth-order valence-electron chi connectivity index (χ4n) is 3.12. The molecule has 1 aliphatic heterocycles. The number of aromatic nitrogens is 2. The van der Waals surface area contributed by atoms with E-state index in [1.54, 1.807) is 17.4 Å². The van der Waals surface area contributed by atoms with E-state index in [0.29, 0.717) is 17.6 Å². The average Bonchev–Trinajstić information content (AvgIpc) is 3.26. The van der Waals surface area contributed by atoms with Gasteiger partial charge in [0.15, 0.2) is 10.9 Å². The van der Waals surface area contributed by atoms with Crippen LogP contribution in [0.2, 0.25) is 0 Å². The van der Waals surface area contributed by atoms with Gasteiger partial charge in [-0.2, -0.15) is 0 Å². The molecule has 130 valence electrons. The Kier molecular flexibility index (Phi) is 4.48. The Hall–Kier alpha value is -2.28. The lowest BCUT2D eigenvalue weighted by molar-refractivity contribution is 0.590. The zero-order chi connectivity index (χ0) is 17.2. The Bertz CT molecular complexity index is 890. The summed E-state index contributed by atoms with van der Waals surface area (Å²) >= 11 is 1.68. The molecule has 4 nitrogen and oxygen atoms in total. The van der Waals surface area contributed by atoms with Gasteiger partial charge in [0.1, 0.15) is 11.3 Å². The first-order chi connectivity index (χ1) is 12.2. The summed E-state index contributed by atoms with van der Waals surface area (Å²) in [6.45, 7) is 2.82. The van der Waals surface area contributed by atoms with Gasteiger partial charge in [-0.05, 0) is 25.0 Å². The summed E-state index contributed by atoms with van der Waals surface area (Å²) in [4.78, 5) is 11.0. The number of benzene rings is 1. The van der Waals surface area contributed by atoms with Crippen molar-refractivity contribution in [1.82, 2.24) is 9.97 Å². The van der Waals surface area contributed by atoms with Gasteiger partial charge in [0.25, 0.3) is 0 Å². The first-order valence-corrected chi connectivity index (χ1v) is 9.26. The van der Waals surface area contributed by atoms with Crippen molar-refractivity contribution in [1.29, 1.82) is 0 Å². The monoisotopic (exact) mass is 360 g/mol. The van der Waals surface area contributed by atoms with Crippen LogP contribution in [0.4, 0.5) is 19.6 Å². The highest BCUT2D eigenvalue weighted by atomic mass is 32.1. The van der Waals surface area contributed by atoms with Gasteiger partial charge in [0, 0.05) is 54.8 Å². The number of hydrogen-bond donors (Lipinski definition) is 1. The van der Waals surface area contributed by atoms with Crippen LogP contribution in [0.15, 0.2) is 29.8 Å². The predicted molar refractivity (Wildman–Crippen MR) is 97.4 cm³/mol. The molecule has 1 aliphatic rings. The zero-order valence-electron chi connectivity index (χ0n) is 13.6. The minimum Gasteiger partial charge on any atom is -0.384 e. The fourth-order valence-corrected chi connectivity index (χ4v) is 4.04. The number of fused-ring (bicyclic) bond motifs is 1. The molecule has 1 fully saturated rings. The van der Waals surface area contributed by atoms with Crippen molar-refractivity contribution in [2.75, 3.05) is 29.9 Å². The number of nitrogens with zero attached hydrogens (tertiary/aromatic N) is 3. The largest absolute Gasteiger partial charge is 0.384 e. The standard InChI is InChI=1S/C18H18F2N4S/c19-12-9-14-16(4-6-22-17(14)15(20)10-12)21-5-3-13-11-25-18(23-13)24-7-1-2-8-24/h4,6,9-11H,1-3,5,7-8H2,(H,21,22). The van der Waals surface area contributed by atoms with E-state index in [9.17, 15) is 8.78 Å². The van der Waals surface area contributed by atoms with Crippen LogP contribution < -0.4 is 10.2 Å². The third-order valence-corrected chi connectivity index (χ3v) is 5.33. The molecule has 2 aromatic heterocycles. The van der Waals surface area contributed by atoms with Crippen molar-refractivity contribution in [3.8, 4) is 0 Å². The molecule has 1 N–H and O–H groups in total. The Morgan fingerprint density at radius 3 is 2.88 bits per heavy atom. The number of nitrogens with one attached hydrogen (secondary N) is 1. The molecular formula is C18H18F2N4S. The smallest absolute Gasteiger partial charge is 0.185 e. The first-order valence-electron chi connectivity index (χ1n) is 8.38. The quantitative estimate of drug-likeness (QED) is 0.739. The second-order valence-electron chi connectivity index (χ2n) is 6.13. The maximum atomic E-state index is 13.8. The van der Waals surface area contributed by atoms with Crippen molar-refractivity contribution < 1.29 is 8.78 Å². The number of pyridine rings is 1. The van der Waals surface area contributed by atoms with Crippen LogP contribution >= 0.6 is 11.3 Å².